The van der Waals surface area contributed by atoms with Gasteiger partial charge in [-0.05, 0) is 46.0 Å². The third-order valence-electron chi connectivity index (χ3n) is 2.11. The molecule has 0 aliphatic carbocycles. The number of hydrogen-bond acceptors (Lipinski definition) is 1. The van der Waals surface area contributed by atoms with Crippen molar-refractivity contribution in [3.63, 3.8) is 0 Å². The van der Waals surface area contributed by atoms with Crippen molar-refractivity contribution < 1.29 is 14.3 Å². The Kier molecular flexibility index (Phi) is 4.68. The van der Waals surface area contributed by atoms with Crippen LogP contribution >= 0.6 is 15.9 Å². The average molecular weight is 287 g/mol. The van der Waals surface area contributed by atoms with Crippen LogP contribution in [0.15, 0.2) is 34.8 Å². The van der Waals surface area contributed by atoms with Crippen LogP contribution < -0.4 is 0 Å². The van der Waals surface area contributed by atoms with E-state index in [-0.39, 0.29) is 11.7 Å². The van der Waals surface area contributed by atoms with Crippen molar-refractivity contribution in [2.75, 3.05) is 0 Å². The molecule has 0 heterocycles. The van der Waals surface area contributed by atoms with Gasteiger partial charge in [0.1, 0.15) is 5.82 Å². The number of rotatable bonds is 4. The number of hydrogen-bond donors (Lipinski definition) is 1. The van der Waals surface area contributed by atoms with E-state index in [0.717, 1.165) is 11.6 Å². The highest BCUT2D eigenvalue weighted by Gasteiger charge is 2.04. The van der Waals surface area contributed by atoms with Crippen LogP contribution in [0.4, 0.5) is 4.39 Å². The summed E-state index contributed by atoms with van der Waals surface area (Å²) < 4.78 is 13.6. The van der Waals surface area contributed by atoms with Gasteiger partial charge in [0.15, 0.2) is 0 Å². The molecule has 1 aromatic rings. The molecular weight excluding hydrogens is 275 g/mol. The van der Waals surface area contributed by atoms with Crippen molar-refractivity contribution in [1.82, 2.24) is 0 Å². The Hall–Kier alpha value is -1.16. The second-order valence-electron chi connectivity index (χ2n) is 3.63. The van der Waals surface area contributed by atoms with Crippen LogP contribution in [0.3, 0.4) is 0 Å². The summed E-state index contributed by atoms with van der Waals surface area (Å²) in [6.07, 6.45) is 3.33. The molecule has 0 aromatic heterocycles. The molecule has 1 atom stereocenters. The Morgan fingerprint density at radius 1 is 1.62 bits per heavy atom. The molecule has 1 unspecified atom stereocenters. The first kappa shape index (κ1) is 12.9. The second-order valence-corrected chi connectivity index (χ2v) is 4.48. The fourth-order valence-corrected chi connectivity index (χ4v) is 1.60. The lowest BCUT2D eigenvalue weighted by atomic mass is 10.0. The molecule has 0 saturated carbocycles. The number of carboxylic acid groups (broad SMARTS) is 1. The molecule has 0 saturated heterocycles. The smallest absolute Gasteiger partial charge is 0.327 e. The van der Waals surface area contributed by atoms with Gasteiger partial charge in [0.25, 0.3) is 0 Å². The molecule has 86 valence electrons. The standard InChI is InChI=1S/C12H12BrFO2/c1-8(2-5-12(15)16)6-9-3-4-10(13)11(14)7-9/h2-5,7-8H,6H2,1H3,(H,15,16). The predicted molar refractivity (Wildman–Crippen MR) is 63.7 cm³/mol. The van der Waals surface area contributed by atoms with E-state index >= 15 is 0 Å². The van der Waals surface area contributed by atoms with Gasteiger partial charge in [-0.1, -0.05) is 19.1 Å². The van der Waals surface area contributed by atoms with E-state index in [1.54, 1.807) is 12.1 Å². The molecule has 0 aliphatic rings. The second kappa shape index (κ2) is 5.80. The molecule has 0 bridgehead atoms. The minimum atomic E-state index is -0.964. The third-order valence-corrected chi connectivity index (χ3v) is 2.75. The largest absolute Gasteiger partial charge is 0.478 e. The van der Waals surface area contributed by atoms with Crippen LogP contribution in [0.2, 0.25) is 0 Å². The number of carbonyl (C=O) groups is 1. The summed E-state index contributed by atoms with van der Waals surface area (Å²) in [6, 6.07) is 4.92. The molecule has 0 fully saturated rings. The highest BCUT2D eigenvalue weighted by Crippen LogP contribution is 2.18. The van der Waals surface area contributed by atoms with Crippen molar-refractivity contribution in [1.29, 1.82) is 0 Å². The van der Waals surface area contributed by atoms with Gasteiger partial charge in [-0.2, -0.15) is 0 Å². The predicted octanol–water partition coefficient (Wildman–Crippen LogP) is 3.41. The maximum atomic E-state index is 13.2. The molecule has 0 radical (unpaired) electrons. The summed E-state index contributed by atoms with van der Waals surface area (Å²) in [5.74, 6) is -1.20. The molecule has 1 aromatic carbocycles. The lowest BCUT2D eigenvalue weighted by Crippen LogP contribution is -1.98. The summed E-state index contributed by atoms with van der Waals surface area (Å²) in [5, 5.41) is 8.46. The Morgan fingerprint density at radius 3 is 2.88 bits per heavy atom. The molecule has 16 heavy (non-hydrogen) atoms. The zero-order valence-electron chi connectivity index (χ0n) is 8.78. The highest BCUT2D eigenvalue weighted by atomic mass is 79.9. The van der Waals surface area contributed by atoms with E-state index in [4.69, 9.17) is 5.11 Å². The first-order valence-corrected chi connectivity index (χ1v) is 5.63. The Labute approximate surface area is 102 Å². The Balaban J connectivity index is 2.66. The number of carboxylic acids is 1. The third kappa shape index (κ3) is 4.14. The maximum Gasteiger partial charge on any atom is 0.327 e. The lowest BCUT2D eigenvalue weighted by Gasteiger charge is -2.06. The first-order chi connectivity index (χ1) is 7.49. The molecule has 4 heteroatoms. The Bertz CT molecular complexity index is 415. The van der Waals surface area contributed by atoms with E-state index in [0.29, 0.717) is 10.9 Å². The molecule has 2 nitrogen and oxygen atoms in total. The number of aliphatic carboxylic acids is 1. The summed E-state index contributed by atoms with van der Waals surface area (Å²) in [7, 11) is 0. The molecular formula is C12H12BrFO2. The number of halogens is 2. The van der Waals surface area contributed by atoms with E-state index in [9.17, 15) is 9.18 Å². The summed E-state index contributed by atoms with van der Waals surface area (Å²) in [5.41, 5.74) is 0.850. The minimum absolute atomic E-state index is 0.0664. The lowest BCUT2D eigenvalue weighted by molar-refractivity contribution is -0.131. The van der Waals surface area contributed by atoms with Crippen molar-refractivity contribution in [2.24, 2.45) is 5.92 Å². The monoisotopic (exact) mass is 286 g/mol. The van der Waals surface area contributed by atoms with Crippen molar-refractivity contribution in [2.45, 2.75) is 13.3 Å². The fraction of sp³-hybridized carbons (Fsp3) is 0.250. The fourth-order valence-electron chi connectivity index (χ4n) is 1.35. The van der Waals surface area contributed by atoms with E-state index in [1.165, 1.54) is 6.07 Å². The van der Waals surface area contributed by atoms with Gasteiger partial charge in [0.05, 0.1) is 4.47 Å². The van der Waals surface area contributed by atoms with Crippen LogP contribution in [0.1, 0.15) is 12.5 Å². The molecule has 0 amide bonds. The van der Waals surface area contributed by atoms with Crippen LogP contribution in [0, 0.1) is 11.7 Å². The maximum absolute atomic E-state index is 13.2. The summed E-state index contributed by atoms with van der Waals surface area (Å²) in [4.78, 5) is 10.3. The van der Waals surface area contributed by atoms with Crippen molar-refractivity contribution in [3.05, 3.63) is 46.2 Å². The normalized spacial score (nSPS) is 12.9. The van der Waals surface area contributed by atoms with Gasteiger partial charge in [-0.15, -0.1) is 0 Å². The van der Waals surface area contributed by atoms with E-state index < -0.39 is 5.97 Å². The highest BCUT2D eigenvalue weighted by molar-refractivity contribution is 9.10. The Morgan fingerprint density at radius 2 is 2.31 bits per heavy atom. The SMILES string of the molecule is CC(C=CC(=O)O)Cc1ccc(Br)c(F)c1. The van der Waals surface area contributed by atoms with Gasteiger partial charge in [0.2, 0.25) is 0 Å². The van der Waals surface area contributed by atoms with Gasteiger partial charge in [0, 0.05) is 6.08 Å². The number of allylic oxidation sites excluding steroid dienone is 1. The molecule has 1 N–H and O–H groups in total. The van der Waals surface area contributed by atoms with E-state index in [1.807, 2.05) is 13.0 Å². The van der Waals surface area contributed by atoms with Gasteiger partial charge < -0.3 is 5.11 Å². The topological polar surface area (TPSA) is 37.3 Å². The average Bonchev–Trinajstić information content (AvgIpc) is 2.21. The zero-order valence-corrected chi connectivity index (χ0v) is 10.4. The molecule has 0 aliphatic heterocycles. The van der Waals surface area contributed by atoms with Crippen LogP contribution in [0.5, 0.6) is 0 Å². The van der Waals surface area contributed by atoms with E-state index in [2.05, 4.69) is 15.9 Å². The van der Waals surface area contributed by atoms with Crippen molar-refractivity contribution in [3.8, 4) is 0 Å². The molecule has 1 rings (SSSR count). The minimum Gasteiger partial charge on any atom is -0.478 e. The van der Waals surface area contributed by atoms with Crippen LogP contribution in [-0.4, -0.2) is 11.1 Å². The zero-order chi connectivity index (χ0) is 12.1. The van der Waals surface area contributed by atoms with Crippen molar-refractivity contribution >= 4 is 21.9 Å². The molecule has 0 spiro atoms. The quantitative estimate of drug-likeness (QED) is 0.862. The summed E-state index contributed by atoms with van der Waals surface area (Å²) >= 11 is 3.08. The van der Waals surface area contributed by atoms with Gasteiger partial charge >= 0.3 is 5.97 Å². The summed E-state index contributed by atoms with van der Waals surface area (Å²) in [6.45, 7) is 1.89. The van der Waals surface area contributed by atoms with Crippen LogP contribution in [-0.2, 0) is 11.2 Å². The van der Waals surface area contributed by atoms with Gasteiger partial charge in [-0.3, -0.25) is 0 Å². The first-order valence-electron chi connectivity index (χ1n) is 4.84. The van der Waals surface area contributed by atoms with Crippen LogP contribution in [0.25, 0.3) is 0 Å². The number of benzene rings is 1. The van der Waals surface area contributed by atoms with Gasteiger partial charge in [-0.25, -0.2) is 9.18 Å².